The maximum absolute atomic E-state index is 12.1. The third-order valence-electron chi connectivity index (χ3n) is 3.24. The highest BCUT2D eigenvalue weighted by atomic mass is 32.1. The average molecular weight is 308 g/mol. The molecule has 0 aliphatic carbocycles. The van der Waals surface area contributed by atoms with Crippen molar-refractivity contribution in [3.63, 3.8) is 0 Å². The molecule has 0 saturated heterocycles. The molecule has 0 aliphatic heterocycles. The SMILES string of the molecule is Cn1/c(=N/NC(=O)c2ccc(C#N)cc2)sc2ccccc21. The number of aromatic nitrogens is 1. The maximum atomic E-state index is 12.1. The number of para-hydroxylation sites is 1. The van der Waals surface area contributed by atoms with Gasteiger partial charge < -0.3 is 4.57 Å². The van der Waals surface area contributed by atoms with Crippen molar-refractivity contribution < 1.29 is 4.79 Å². The molecule has 0 aliphatic rings. The number of hydrogen-bond donors (Lipinski definition) is 1. The van der Waals surface area contributed by atoms with Gasteiger partial charge in [-0.25, -0.2) is 5.43 Å². The maximum Gasteiger partial charge on any atom is 0.271 e. The summed E-state index contributed by atoms with van der Waals surface area (Å²) >= 11 is 1.51. The summed E-state index contributed by atoms with van der Waals surface area (Å²) in [5.74, 6) is -0.304. The van der Waals surface area contributed by atoms with Crippen LogP contribution in [0.3, 0.4) is 0 Å². The summed E-state index contributed by atoms with van der Waals surface area (Å²) in [5.41, 5.74) is 4.60. The molecular weight excluding hydrogens is 296 g/mol. The summed E-state index contributed by atoms with van der Waals surface area (Å²) in [4.78, 5) is 12.8. The third kappa shape index (κ3) is 2.62. The summed E-state index contributed by atoms with van der Waals surface area (Å²) in [6, 6.07) is 16.4. The van der Waals surface area contributed by atoms with E-state index in [0.717, 1.165) is 10.2 Å². The molecule has 0 spiro atoms. The zero-order chi connectivity index (χ0) is 15.5. The number of nitriles is 1. The monoisotopic (exact) mass is 308 g/mol. The largest absolute Gasteiger partial charge is 0.318 e. The van der Waals surface area contributed by atoms with Crippen LogP contribution >= 0.6 is 11.3 Å². The van der Waals surface area contributed by atoms with Crippen LogP contribution in [0, 0.1) is 11.3 Å². The summed E-state index contributed by atoms with van der Waals surface area (Å²) in [7, 11) is 1.91. The van der Waals surface area contributed by atoms with E-state index in [-0.39, 0.29) is 5.91 Å². The summed E-state index contributed by atoms with van der Waals surface area (Å²) in [5, 5.41) is 12.9. The molecule has 0 bridgehead atoms. The minimum absolute atomic E-state index is 0.304. The molecule has 1 N–H and O–H groups in total. The van der Waals surface area contributed by atoms with E-state index in [1.54, 1.807) is 24.3 Å². The topological polar surface area (TPSA) is 70.2 Å². The Balaban J connectivity index is 1.87. The van der Waals surface area contributed by atoms with E-state index in [2.05, 4.69) is 10.5 Å². The van der Waals surface area contributed by atoms with Gasteiger partial charge in [0.25, 0.3) is 5.91 Å². The molecule has 0 unspecified atom stereocenters. The first kappa shape index (κ1) is 14.0. The predicted molar refractivity (Wildman–Crippen MR) is 85.0 cm³/mol. The molecule has 1 heterocycles. The molecule has 2 aromatic carbocycles. The minimum Gasteiger partial charge on any atom is -0.318 e. The van der Waals surface area contributed by atoms with Crippen molar-refractivity contribution in [3.8, 4) is 6.07 Å². The van der Waals surface area contributed by atoms with Crippen LogP contribution in [-0.4, -0.2) is 10.5 Å². The van der Waals surface area contributed by atoms with Gasteiger partial charge in [-0.3, -0.25) is 4.79 Å². The van der Waals surface area contributed by atoms with Gasteiger partial charge >= 0.3 is 0 Å². The molecule has 1 aromatic heterocycles. The van der Waals surface area contributed by atoms with Crippen LogP contribution in [0.15, 0.2) is 53.6 Å². The Hall–Kier alpha value is -2.91. The smallest absolute Gasteiger partial charge is 0.271 e. The van der Waals surface area contributed by atoms with Crippen LogP contribution in [0.4, 0.5) is 0 Å². The fourth-order valence-electron chi connectivity index (χ4n) is 2.05. The van der Waals surface area contributed by atoms with Gasteiger partial charge in [0, 0.05) is 12.6 Å². The number of carbonyl (C=O) groups is 1. The molecule has 22 heavy (non-hydrogen) atoms. The lowest BCUT2D eigenvalue weighted by molar-refractivity contribution is 0.0953. The lowest BCUT2D eigenvalue weighted by Crippen LogP contribution is -2.23. The zero-order valence-corrected chi connectivity index (χ0v) is 12.6. The van der Waals surface area contributed by atoms with Gasteiger partial charge in [0.1, 0.15) is 0 Å². The number of hydrogen-bond acceptors (Lipinski definition) is 4. The minimum atomic E-state index is -0.304. The first-order valence-electron chi connectivity index (χ1n) is 6.58. The van der Waals surface area contributed by atoms with Crippen LogP contribution in [0.5, 0.6) is 0 Å². The molecule has 0 fully saturated rings. The molecule has 5 nitrogen and oxygen atoms in total. The number of aryl methyl sites for hydroxylation is 1. The Labute approximate surface area is 130 Å². The first-order valence-corrected chi connectivity index (χ1v) is 7.39. The van der Waals surface area contributed by atoms with Crippen molar-refractivity contribution in [1.82, 2.24) is 9.99 Å². The van der Waals surface area contributed by atoms with Gasteiger partial charge in [-0.15, -0.1) is 5.10 Å². The molecule has 3 rings (SSSR count). The van der Waals surface area contributed by atoms with E-state index in [1.165, 1.54) is 11.3 Å². The zero-order valence-electron chi connectivity index (χ0n) is 11.8. The highest BCUT2D eigenvalue weighted by Gasteiger charge is 2.05. The molecular formula is C16H12N4OS. The first-order chi connectivity index (χ1) is 10.7. The highest BCUT2D eigenvalue weighted by molar-refractivity contribution is 7.16. The standard InChI is InChI=1S/C16H12N4OS/c1-20-13-4-2-3-5-14(13)22-16(20)19-18-15(21)12-8-6-11(10-17)7-9-12/h2-9H,1H3,(H,18,21)/b19-16-. The van der Waals surface area contributed by atoms with Gasteiger partial charge in [-0.1, -0.05) is 23.5 Å². The Morgan fingerprint density at radius 3 is 2.64 bits per heavy atom. The molecule has 3 aromatic rings. The normalized spacial score (nSPS) is 11.4. The van der Waals surface area contributed by atoms with Crippen molar-refractivity contribution in [3.05, 3.63) is 64.5 Å². The van der Waals surface area contributed by atoms with Gasteiger partial charge in [0.2, 0.25) is 4.80 Å². The lowest BCUT2D eigenvalue weighted by Gasteiger charge is -1.99. The van der Waals surface area contributed by atoms with Gasteiger partial charge in [0.05, 0.1) is 21.8 Å². The van der Waals surface area contributed by atoms with Crippen molar-refractivity contribution in [2.24, 2.45) is 12.1 Å². The van der Waals surface area contributed by atoms with Crippen LogP contribution in [0.25, 0.3) is 10.2 Å². The number of benzene rings is 2. The summed E-state index contributed by atoms with van der Waals surface area (Å²) < 4.78 is 3.04. The quantitative estimate of drug-likeness (QED) is 0.738. The number of fused-ring (bicyclic) bond motifs is 1. The Morgan fingerprint density at radius 1 is 1.23 bits per heavy atom. The molecule has 0 atom stereocenters. The Kier molecular flexibility index (Phi) is 3.73. The predicted octanol–water partition coefficient (Wildman–Crippen LogP) is 2.36. The van der Waals surface area contributed by atoms with Gasteiger partial charge in [-0.2, -0.15) is 5.26 Å². The molecule has 6 heteroatoms. The number of nitrogens with one attached hydrogen (secondary N) is 1. The lowest BCUT2D eigenvalue weighted by atomic mass is 10.1. The summed E-state index contributed by atoms with van der Waals surface area (Å²) in [6.07, 6.45) is 0. The molecule has 0 radical (unpaired) electrons. The van der Waals surface area contributed by atoms with E-state index in [9.17, 15) is 4.79 Å². The summed E-state index contributed by atoms with van der Waals surface area (Å²) in [6.45, 7) is 0. The average Bonchev–Trinajstić information content (AvgIpc) is 2.89. The van der Waals surface area contributed by atoms with E-state index >= 15 is 0 Å². The number of thiazole rings is 1. The van der Waals surface area contributed by atoms with E-state index in [4.69, 9.17) is 5.26 Å². The fraction of sp³-hybridized carbons (Fsp3) is 0.0625. The number of rotatable bonds is 2. The number of nitrogens with zero attached hydrogens (tertiary/aromatic N) is 3. The number of carbonyl (C=O) groups excluding carboxylic acids is 1. The van der Waals surface area contributed by atoms with Crippen LogP contribution in [-0.2, 0) is 7.05 Å². The highest BCUT2D eigenvalue weighted by Crippen LogP contribution is 2.14. The number of amides is 1. The Bertz CT molecular complexity index is 945. The van der Waals surface area contributed by atoms with Crippen molar-refractivity contribution >= 4 is 27.5 Å². The second-order valence-electron chi connectivity index (χ2n) is 4.65. The van der Waals surface area contributed by atoms with Crippen LogP contribution < -0.4 is 10.2 Å². The van der Waals surface area contributed by atoms with E-state index in [1.807, 2.05) is 41.9 Å². The third-order valence-corrected chi connectivity index (χ3v) is 4.36. The van der Waals surface area contributed by atoms with Gasteiger partial charge in [-0.05, 0) is 36.4 Å². The molecule has 1 amide bonds. The van der Waals surface area contributed by atoms with Crippen molar-refractivity contribution in [1.29, 1.82) is 5.26 Å². The van der Waals surface area contributed by atoms with Gasteiger partial charge in [0.15, 0.2) is 0 Å². The van der Waals surface area contributed by atoms with E-state index < -0.39 is 0 Å². The fourth-order valence-corrected chi connectivity index (χ4v) is 3.03. The molecule has 0 saturated carbocycles. The Morgan fingerprint density at radius 2 is 1.95 bits per heavy atom. The van der Waals surface area contributed by atoms with Crippen molar-refractivity contribution in [2.45, 2.75) is 0 Å². The van der Waals surface area contributed by atoms with Crippen molar-refractivity contribution in [2.75, 3.05) is 0 Å². The van der Waals surface area contributed by atoms with Crippen LogP contribution in [0.2, 0.25) is 0 Å². The molecule has 108 valence electrons. The second-order valence-corrected chi connectivity index (χ2v) is 5.66. The van der Waals surface area contributed by atoms with Crippen LogP contribution in [0.1, 0.15) is 15.9 Å². The second kappa shape index (κ2) is 5.84. The van der Waals surface area contributed by atoms with E-state index in [0.29, 0.717) is 15.9 Å².